The van der Waals surface area contributed by atoms with E-state index >= 15 is 4.39 Å². The molecule has 2 aromatic carbocycles. The summed E-state index contributed by atoms with van der Waals surface area (Å²) in [4.78, 5) is 13.3. The fourth-order valence-corrected chi connectivity index (χ4v) is 6.16. The third-order valence-electron chi connectivity index (χ3n) is 7.25. The molecule has 1 aliphatic rings. The van der Waals surface area contributed by atoms with Gasteiger partial charge < -0.3 is 15.8 Å². The van der Waals surface area contributed by atoms with Crippen molar-refractivity contribution >= 4 is 32.4 Å². The van der Waals surface area contributed by atoms with E-state index in [2.05, 4.69) is 20.3 Å². The normalized spacial score (nSPS) is 18.0. The first kappa shape index (κ1) is 30.4. The van der Waals surface area contributed by atoms with Crippen LogP contribution in [-0.4, -0.2) is 53.8 Å². The van der Waals surface area contributed by atoms with Crippen LogP contribution in [-0.2, 0) is 10.0 Å². The number of nitrogens with two attached hydrogens (primary N) is 1. The SMILES string of the molecule is Cc1c(F)c(NS(=O)(=O)CC(F)C(F)F)c2ccccc2c1Oc1ncccc1-c1ccnc(NC2CCC(N)CC2)n1. The fourth-order valence-electron chi connectivity index (χ4n) is 5.01. The van der Waals surface area contributed by atoms with E-state index < -0.39 is 39.9 Å². The molecule has 1 saturated carbocycles. The van der Waals surface area contributed by atoms with Crippen LogP contribution in [0.3, 0.4) is 0 Å². The summed E-state index contributed by atoms with van der Waals surface area (Å²) >= 11 is 0. The highest BCUT2D eigenvalue weighted by Crippen LogP contribution is 2.42. The van der Waals surface area contributed by atoms with Crippen molar-refractivity contribution in [1.82, 2.24) is 15.0 Å². The first-order valence-electron chi connectivity index (χ1n) is 13.6. The second-order valence-electron chi connectivity index (χ2n) is 10.4. The minimum Gasteiger partial charge on any atom is -0.437 e. The molecule has 0 amide bonds. The molecule has 1 aliphatic carbocycles. The molecule has 4 N–H and O–H groups in total. The molecule has 1 atom stereocenters. The summed E-state index contributed by atoms with van der Waals surface area (Å²) in [5.41, 5.74) is 6.42. The Labute approximate surface area is 246 Å². The van der Waals surface area contributed by atoms with Crippen LogP contribution in [0.5, 0.6) is 11.6 Å². The predicted molar refractivity (Wildman–Crippen MR) is 156 cm³/mol. The number of nitrogens with one attached hydrogen (secondary N) is 2. The summed E-state index contributed by atoms with van der Waals surface area (Å²) in [6.45, 7) is 1.37. The van der Waals surface area contributed by atoms with Crippen LogP contribution in [0.1, 0.15) is 31.2 Å². The van der Waals surface area contributed by atoms with Gasteiger partial charge in [-0.15, -0.1) is 0 Å². The third-order valence-corrected chi connectivity index (χ3v) is 8.52. The number of aromatic nitrogens is 3. The number of anilines is 2. The summed E-state index contributed by atoms with van der Waals surface area (Å²) in [5.74, 6) is -1.95. The smallest absolute Gasteiger partial charge is 0.270 e. The molecular formula is C29H30F4N6O3S. The number of fused-ring (bicyclic) bond motifs is 1. The van der Waals surface area contributed by atoms with Gasteiger partial charge in [0.2, 0.25) is 21.9 Å². The second kappa shape index (κ2) is 12.7. The van der Waals surface area contributed by atoms with E-state index in [1.54, 1.807) is 36.5 Å². The Balaban J connectivity index is 1.48. The molecule has 0 aliphatic heterocycles. The van der Waals surface area contributed by atoms with E-state index in [1.165, 1.54) is 25.3 Å². The lowest BCUT2D eigenvalue weighted by molar-refractivity contribution is 0.0619. The minimum absolute atomic E-state index is 0.0536. The quantitative estimate of drug-likeness (QED) is 0.186. The summed E-state index contributed by atoms with van der Waals surface area (Å²) in [6.07, 6.45) is 0.293. The molecule has 0 spiro atoms. The van der Waals surface area contributed by atoms with Gasteiger partial charge >= 0.3 is 0 Å². The maximum Gasteiger partial charge on any atom is 0.270 e. The maximum absolute atomic E-state index is 15.7. The molecule has 228 valence electrons. The number of pyridine rings is 1. The van der Waals surface area contributed by atoms with Gasteiger partial charge in [-0.1, -0.05) is 24.3 Å². The third kappa shape index (κ3) is 6.96. The Hall–Kier alpha value is -4.04. The largest absolute Gasteiger partial charge is 0.437 e. The molecule has 0 radical (unpaired) electrons. The first-order chi connectivity index (χ1) is 20.5. The lowest BCUT2D eigenvalue weighted by atomic mass is 9.92. The molecular weight excluding hydrogens is 588 g/mol. The Morgan fingerprint density at radius 2 is 1.72 bits per heavy atom. The number of halogens is 4. The van der Waals surface area contributed by atoms with Gasteiger partial charge in [0.05, 0.1) is 16.9 Å². The van der Waals surface area contributed by atoms with E-state index in [1.807, 2.05) is 4.72 Å². The Bertz CT molecular complexity index is 1720. The number of hydrogen-bond donors (Lipinski definition) is 3. The van der Waals surface area contributed by atoms with Crippen molar-refractivity contribution in [2.75, 3.05) is 15.8 Å². The van der Waals surface area contributed by atoms with E-state index in [-0.39, 0.29) is 34.7 Å². The van der Waals surface area contributed by atoms with Crippen molar-refractivity contribution in [2.45, 2.75) is 57.3 Å². The Morgan fingerprint density at radius 3 is 2.44 bits per heavy atom. The molecule has 9 nitrogen and oxygen atoms in total. The zero-order chi connectivity index (χ0) is 30.7. The van der Waals surface area contributed by atoms with Crippen LogP contribution in [0.15, 0.2) is 54.9 Å². The van der Waals surface area contributed by atoms with Crippen LogP contribution < -0.4 is 20.5 Å². The van der Waals surface area contributed by atoms with Crippen LogP contribution in [0.2, 0.25) is 0 Å². The molecule has 1 fully saturated rings. The van der Waals surface area contributed by atoms with Gasteiger partial charge in [-0.3, -0.25) is 4.72 Å². The number of ether oxygens (including phenoxy) is 1. The van der Waals surface area contributed by atoms with E-state index in [9.17, 15) is 21.6 Å². The van der Waals surface area contributed by atoms with Gasteiger partial charge in [0.25, 0.3) is 6.43 Å². The van der Waals surface area contributed by atoms with Crippen molar-refractivity contribution < 1.29 is 30.7 Å². The Morgan fingerprint density at radius 1 is 1.00 bits per heavy atom. The molecule has 4 aromatic rings. The number of sulfonamides is 1. The molecule has 2 aromatic heterocycles. The lowest BCUT2D eigenvalue weighted by Crippen LogP contribution is -2.33. The van der Waals surface area contributed by atoms with Crippen molar-refractivity contribution in [2.24, 2.45) is 5.73 Å². The van der Waals surface area contributed by atoms with Gasteiger partial charge in [-0.05, 0) is 50.8 Å². The number of benzene rings is 2. The van der Waals surface area contributed by atoms with Gasteiger partial charge in [0.1, 0.15) is 11.5 Å². The highest BCUT2D eigenvalue weighted by atomic mass is 32.2. The summed E-state index contributed by atoms with van der Waals surface area (Å²) in [5, 5.41) is 3.74. The molecule has 2 heterocycles. The zero-order valence-electron chi connectivity index (χ0n) is 23.1. The first-order valence-corrected chi connectivity index (χ1v) is 15.3. The average Bonchev–Trinajstić information content (AvgIpc) is 2.99. The van der Waals surface area contributed by atoms with Crippen molar-refractivity contribution in [3.05, 3.63) is 66.2 Å². The molecule has 0 bridgehead atoms. The van der Waals surface area contributed by atoms with Gasteiger partial charge in [0.15, 0.2) is 12.0 Å². The second-order valence-corrected chi connectivity index (χ2v) is 12.2. The van der Waals surface area contributed by atoms with Crippen LogP contribution in [0.4, 0.5) is 29.2 Å². The number of rotatable bonds is 10. The molecule has 1 unspecified atom stereocenters. The molecule has 43 heavy (non-hydrogen) atoms. The van der Waals surface area contributed by atoms with E-state index in [0.29, 0.717) is 22.6 Å². The van der Waals surface area contributed by atoms with E-state index in [4.69, 9.17) is 10.5 Å². The number of hydrogen-bond acceptors (Lipinski definition) is 8. The fraction of sp³-hybridized carbons (Fsp3) is 0.345. The summed E-state index contributed by atoms with van der Waals surface area (Å²) < 4.78 is 87.7. The van der Waals surface area contributed by atoms with Gasteiger partial charge in [-0.2, -0.15) is 0 Å². The van der Waals surface area contributed by atoms with E-state index in [0.717, 1.165) is 25.7 Å². The van der Waals surface area contributed by atoms with Gasteiger partial charge in [-0.25, -0.2) is 40.9 Å². The average molecular weight is 619 g/mol. The van der Waals surface area contributed by atoms with Crippen molar-refractivity contribution in [1.29, 1.82) is 0 Å². The highest BCUT2D eigenvalue weighted by Gasteiger charge is 2.29. The van der Waals surface area contributed by atoms with Crippen LogP contribution >= 0.6 is 0 Å². The maximum atomic E-state index is 15.7. The number of alkyl halides is 3. The zero-order valence-corrected chi connectivity index (χ0v) is 23.9. The standard InChI is InChI=1S/C29H30F4N6O3S/c1-16-24(31)25(39-43(40,41)15-22(30)27(32)33)19-5-2-3-6-20(19)26(16)42-28-21(7-4-13-35-28)23-12-14-36-29(38-23)37-18-10-8-17(34)9-11-18/h2-7,12-14,17-18,22,27,39H,8-11,15,34H2,1H3,(H,36,37,38). The van der Waals surface area contributed by atoms with Crippen molar-refractivity contribution in [3.63, 3.8) is 0 Å². The minimum atomic E-state index is -4.67. The van der Waals surface area contributed by atoms with Crippen molar-refractivity contribution in [3.8, 4) is 22.9 Å². The predicted octanol–water partition coefficient (Wildman–Crippen LogP) is 5.96. The lowest BCUT2D eigenvalue weighted by Gasteiger charge is -2.26. The van der Waals surface area contributed by atoms with Gasteiger partial charge in [0, 0.05) is 40.8 Å². The topological polar surface area (TPSA) is 132 Å². The molecule has 5 rings (SSSR count). The molecule has 14 heteroatoms. The highest BCUT2D eigenvalue weighted by molar-refractivity contribution is 7.92. The number of nitrogens with zero attached hydrogens (tertiary/aromatic N) is 3. The summed E-state index contributed by atoms with van der Waals surface area (Å²) in [6, 6.07) is 11.7. The molecule has 0 saturated heterocycles. The monoisotopic (exact) mass is 618 g/mol. The van der Waals surface area contributed by atoms with Crippen LogP contribution in [0.25, 0.3) is 22.0 Å². The Kier molecular flexibility index (Phi) is 8.97. The summed E-state index contributed by atoms with van der Waals surface area (Å²) in [7, 11) is -4.67. The van der Waals surface area contributed by atoms with Crippen LogP contribution in [0, 0.1) is 12.7 Å².